The fourth-order valence-electron chi connectivity index (χ4n) is 3.36. The number of methoxy groups -OCH3 is 2. The lowest BCUT2D eigenvalue weighted by atomic mass is 10.0. The molecular weight excluding hydrogens is 324 g/mol. The van der Waals surface area contributed by atoms with Gasteiger partial charge in [-0.25, -0.2) is 4.98 Å². The van der Waals surface area contributed by atoms with Gasteiger partial charge >= 0.3 is 0 Å². The van der Waals surface area contributed by atoms with E-state index in [-0.39, 0.29) is 0 Å². The summed E-state index contributed by atoms with van der Waals surface area (Å²) in [4.78, 5) is 18.8. The van der Waals surface area contributed by atoms with Crippen molar-refractivity contribution in [2.45, 2.75) is 25.7 Å². The SMILES string of the molecule is COc1ccc(-c2nc3sc4c(n3c2C=O)CCCC4)cc1OC. The largest absolute Gasteiger partial charge is 0.493 e. The molecule has 2 aromatic heterocycles. The van der Waals surface area contributed by atoms with E-state index in [0.29, 0.717) is 22.9 Å². The molecule has 0 amide bonds. The van der Waals surface area contributed by atoms with Crippen molar-refractivity contribution >= 4 is 22.6 Å². The summed E-state index contributed by atoms with van der Waals surface area (Å²) < 4.78 is 12.7. The molecule has 0 atom stereocenters. The van der Waals surface area contributed by atoms with Gasteiger partial charge in [0.15, 0.2) is 22.7 Å². The molecule has 0 saturated heterocycles. The van der Waals surface area contributed by atoms with Crippen molar-refractivity contribution < 1.29 is 14.3 Å². The third kappa shape index (κ3) is 2.21. The lowest BCUT2D eigenvalue weighted by molar-refractivity contribution is 0.111. The Kier molecular flexibility index (Phi) is 3.76. The van der Waals surface area contributed by atoms with E-state index < -0.39 is 0 Å². The van der Waals surface area contributed by atoms with Crippen LogP contribution in [0.2, 0.25) is 0 Å². The standard InChI is InChI=1S/C18H18N2O3S/c1-22-14-8-7-11(9-15(14)23-2)17-13(10-21)20-12-5-3-4-6-16(12)24-18(20)19-17/h7-10H,3-6H2,1-2H3. The minimum Gasteiger partial charge on any atom is -0.493 e. The first-order chi connectivity index (χ1) is 11.8. The second-order valence-electron chi connectivity index (χ2n) is 5.83. The van der Waals surface area contributed by atoms with Crippen molar-refractivity contribution in [3.8, 4) is 22.8 Å². The zero-order chi connectivity index (χ0) is 16.7. The summed E-state index contributed by atoms with van der Waals surface area (Å²) >= 11 is 1.70. The molecule has 5 nitrogen and oxygen atoms in total. The van der Waals surface area contributed by atoms with E-state index in [4.69, 9.17) is 14.5 Å². The average Bonchev–Trinajstić information content (AvgIpc) is 3.16. The van der Waals surface area contributed by atoms with Gasteiger partial charge in [0, 0.05) is 16.1 Å². The van der Waals surface area contributed by atoms with Gasteiger partial charge in [-0.3, -0.25) is 9.20 Å². The number of ether oxygens (including phenoxy) is 2. The van der Waals surface area contributed by atoms with Gasteiger partial charge in [-0.05, 0) is 43.9 Å². The van der Waals surface area contributed by atoms with E-state index in [2.05, 4.69) is 0 Å². The van der Waals surface area contributed by atoms with Crippen LogP contribution in [0.3, 0.4) is 0 Å². The predicted molar refractivity (Wildman–Crippen MR) is 93.6 cm³/mol. The summed E-state index contributed by atoms with van der Waals surface area (Å²) in [5, 5.41) is 0. The lowest BCUT2D eigenvalue weighted by Crippen LogP contribution is -2.05. The third-order valence-corrected chi connectivity index (χ3v) is 5.67. The summed E-state index contributed by atoms with van der Waals surface area (Å²) in [5.74, 6) is 1.29. The monoisotopic (exact) mass is 342 g/mol. The van der Waals surface area contributed by atoms with Crippen LogP contribution in [0.15, 0.2) is 18.2 Å². The molecule has 124 valence electrons. The zero-order valence-electron chi connectivity index (χ0n) is 13.7. The van der Waals surface area contributed by atoms with Crippen LogP contribution in [0.25, 0.3) is 16.2 Å². The lowest BCUT2D eigenvalue weighted by Gasteiger charge is -2.11. The van der Waals surface area contributed by atoms with E-state index in [0.717, 1.165) is 29.7 Å². The number of carbonyl (C=O) groups excluding carboxylic acids is 1. The van der Waals surface area contributed by atoms with E-state index in [1.165, 1.54) is 23.4 Å². The van der Waals surface area contributed by atoms with Crippen LogP contribution in [0.4, 0.5) is 0 Å². The molecule has 0 spiro atoms. The van der Waals surface area contributed by atoms with Gasteiger partial charge in [0.1, 0.15) is 11.4 Å². The summed E-state index contributed by atoms with van der Waals surface area (Å²) in [6.45, 7) is 0. The number of nitrogens with zero attached hydrogens (tertiary/aromatic N) is 2. The maximum atomic E-state index is 11.8. The summed E-state index contributed by atoms with van der Waals surface area (Å²) in [6.07, 6.45) is 5.40. The van der Waals surface area contributed by atoms with Crippen molar-refractivity contribution in [1.82, 2.24) is 9.38 Å². The topological polar surface area (TPSA) is 52.8 Å². The molecule has 6 heteroatoms. The Hall–Kier alpha value is -2.34. The van der Waals surface area contributed by atoms with Gasteiger partial charge in [-0.15, -0.1) is 11.3 Å². The van der Waals surface area contributed by atoms with Gasteiger partial charge in [-0.2, -0.15) is 0 Å². The van der Waals surface area contributed by atoms with Crippen LogP contribution < -0.4 is 9.47 Å². The first-order valence-electron chi connectivity index (χ1n) is 7.97. The van der Waals surface area contributed by atoms with E-state index in [1.54, 1.807) is 25.6 Å². The number of carbonyl (C=O) groups is 1. The fourth-order valence-corrected chi connectivity index (χ4v) is 4.58. The highest BCUT2D eigenvalue weighted by Gasteiger charge is 2.23. The number of rotatable bonds is 4. The summed E-state index contributed by atoms with van der Waals surface area (Å²) in [5.41, 5.74) is 3.43. The molecule has 3 aromatic rings. The first-order valence-corrected chi connectivity index (χ1v) is 8.79. The smallest absolute Gasteiger partial charge is 0.195 e. The average molecular weight is 342 g/mol. The number of imidazole rings is 1. The molecule has 0 bridgehead atoms. The van der Waals surface area contributed by atoms with Crippen LogP contribution in [0, 0.1) is 0 Å². The molecule has 0 aliphatic heterocycles. The molecule has 0 radical (unpaired) electrons. The van der Waals surface area contributed by atoms with Crippen molar-refractivity contribution in [3.63, 3.8) is 0 Å². The molecule has 1 aromatic carbocycles. The van der Waals surface area contributed by atoms with E-state index in [1.807, 2.05) is 22.6 Å². The number of hydrogen-bond acceptors (Lipinski definition) is 5. The van der Waals surface area contributed by atoms with E-state index >= 15 is 0 Å². The van der Waals surface area contributed by atoms with Crippen LogP contribution in [0.1, 0.15) is 33.9 Å². The second-order valence-corrected chi connectivity index (χ2v) is 6.89. The van der Waals surface area contributed by atoms with Crippen molar-refractivity contribution in [2.75, 3.05) is 14.2 Å². The van der Waals surface area contributed by atoms with Crippen LogP contribution in [-0.4, -0.2) is 29.9 Å². The van der Waals surface area contributed by atoms with Gasteiger partial charge in [0.2, 0.25) is 0 Å². The molecular formula is C18H18N2O3S. The summed E-state index contributed by atoms with van der Waals surface area (Å²) in [6, 6.07) is 5.61. The Morgan fingerprint density at radius 2 is 1.96 bits per heavy atom. The third-order valence-electron chi connectivity index (χ3n) is 4.52. The highest BCUT2D eigenvalue weighted by molar-refractivity contribution is 7.17. The molecule has 2 heterocycles. The number of aryl methyl sites for hydroxylation is 2. The Bertz CT molecular complexity index is 926. The minimum absolute atomic E-state index is 0.622. The predicted octanol–water partition coefficient (Wildman–Crippen LogP) is 3.77. The Balaban J connectivity index is 1.91. The minimum atomic E-state index is 0.622. The zero-order valence-corrected chi connectivity index (χ0v) is 14.5. The van der Waals surface area contributed by atoms with Gasteiger partial charge < -0.3 is 9.47 Å². The quantitative estimate of drug-likeness (QED) is 0.677. The van der Waals surface area contributed by atoms with Crippen LogP contribution >= 0.6 is 11.3 Å². The Labute approximate surface area is 143 Å². The normalized spacial score (nSPS) is 13.8. The fraction of sp³-hybridized carbons (Fsp3) is 0.333. The maximum absolute atomic E-state index is 11.8. The summed E-state index contributed by atoms with van der Waals surface area (Å²) in [7, 11) is 3.21. The Morgan fingerprint density at radius 1 is 1.17 bits per heavy atom. The highest BCUT2D eigenvalue weighted by Crippen LogP contribution is 2.37. The maximum Gasteiger partial charge on any atom is 0.195 e. The number of fused-ring (bicyclic) bond motifs is 3. The molecule has 0 saturated carbocycles. The number of aromatic nitrogens is 2. The number of benzene rings is 1. The molecule has 0 fully saturated rings. The highest BCUT2D eigenvalue weighted by atomic mass is 32.1. The first kappa shape index (κ1) is 15.2. The molecule has 4 rings (SSSR count). The molecule has 24 heavy (non-hydrogen) atoms. The molecule has 0 unspecified atom stereocenters. The van der Waals surface area contributed by atoms with Gasteiger partial charge in [0.05, 0.1) is 14.2 Å². The van der Waals surface area contributed by atoms with Crippen molar-refractivity contribution in [1.29, 1.82) is 0 Å². The molecule has 0 N–H and O–H groups in total. The van der Waals surface area contributed by atoms with Crippen molar-refractivity contribution in [2.24, 2.45) is 0 Å². The van der Waals surface area contributed by atoms with Crippen LogP contribution in [0.5, 0.6) is 11.5 Å². The number of hydrogen-bond donors (Lipinski definition) is 0. The van der Waals surface area contributed by atoms with Crippen molar-refractivity contribution in [3.05, 3.63) is 34.5 Å². The van der Waals surface area contributed by atoms with Gasteiger partial charge in [0.25, 0.3) is 0 Å². The number of aldehydes is 1. The van der Waals surface area contributed by atoms with Crippen LogP contribution in [-0.2, 0) is 12.8 Å². The second kappa shape index (κ2) is 5.94. The molecule has 1 aliphatic rings. The van der Waals surface area contributed by atoms with Gasteiger partial charge in [-0.1, -0.05) is 0 Å². The number of thiazole rings is 1. The Morgan fingerprint density at radius 3 is 2.71 bits per heavy atom. The molecule has 1 aliphatic carbocycles. The van der Waals surface area contributed by atoms with E-state index in [9.17, 15) is 4.79 Å².